The van der Waals surface area contributed by atoms with E-state index in [1.165, 1.54) is 0 Å². The summed E-state index contributed by atoms with van der Waals surface area (Å²) in [6, 6.07) is 7.27. The van der Waals surface area contributed by atoms with Crippen LogP contribution in [0.25, 0.3) is 0 Å². The average molecular weight is 240 g/mol. The van der Waals surface area contributed by atoms with Gasteiger partial charge in [-0.1, -0.05) is 12.1 Å². The van der Waals surface area contributed by atoms with E-state index in [0.29, 0.717) is 0 Å². The van der Waals surface area contributed by atoms with Crippen LogP contribution in [0.2, 0.25) is 0 Å². The summed E-state index contributed by atoms with van der Waals surface area (Å²) in [5.74, 6) is 0.753. The molecule has 1 aliphatic heterocycles. The molecule has 5 heteroatoms. The Morgan fingerprint density at radius 2 is 2.06 bits per heavy atom. The average Bonchev–Trinajstić information content (AvgIpc) is 2.39. The lowest BCUT2D eigenvalue weighted by Gasteiger charge is -2.33. The first-order chi connectivity index (χ1) is 8.24. The van der Waals surface area contributed by atoms with Crippen molar-refractivity contribution in [2.75, 3.05) is 20.3 Å². The van der Waals surface area contributed by atoms with Crippen LogP contribution in [0.1, 0.15) is 11.9 Å². The van der Waals surface area contributed by atoms with Gasteiger partial charge in [0.2, 0.25) is 0 Å². The van der Waals surface area contributed by atoms with E-state index in [2.05, 4.69) is 0 Å². The number of hydrogen-bond donors (Lipinski definition) is 2. The van der Waals surface area contributed by atoms with Crippen molar-refractivity contribution in [1.29, 1.82) is 0 Å². The molecule has 5 nitrogen and oxygen atoms in total. The third-order valence-electron chi connectivity index (χ3n) is 2.71. The maximum absolute atomic E-state index is 9.49. The lowest BCUT2D eigenvalue weighted by Crippen LogP contribution is -2.42. The molecule has 0 saturated carbocycles. The fourth-order valence-electron chi connectivity index (χ4n) is 1.68. The molecule has 2 rings (SSSR count). The van der Waals surface area contributed by atoms with Crippen LogP contribution in [0.4, 0.5) is 0 Å². The minimum Gasteiger partial charge on any atom is -0.497 e. The van der Waals surface area contributed by atoms with Crippen molar-refractivity contribution in [1.82, 2.24) is 0 Å². The van der Waals surface area contributed by atoms with Crippen LogP contribution in [-0.2, 0) is 9.47 Å². The van der Waals surface area contributed by atoms with Gasteiger partial charge in [0.15, 0.2) is 6.29 Å². The highest BCUT2D eigenvalue weighted by atomic mass is 16.7. The number of rotatable bonds is 3. The van der Waals surface area contributed by atoms with E-state index in [-0.39, 0.29) is 13.2 Å². The highest BCUT2D eigenvalue weighted by Gasteiger charge is 2.30. The maximum atomic E-state index is 9.49. The third kappa shape index (κ3) is 2.76. The Labute approximate surface area is 99.5 Å². The molecule has 0 amide bonds. The molecular formula is C12H16O5. The fourth-order valence-corrected chi connectivity index (χ4v) is 1.68. The Morgan fingerprint density at radius 3 is 2.65 bits per heavy atom. The van der Waals surface area contributed by atoms with Gasteiger partial charge in [-0.25, -0.2) is 0 Å². The van der Waals surface area contributed by atoms with E-state index >= 15 is 0 Å². The van der Waals surface area contributed by atoms with Crippen molar-refractivity contribution in [3.05, 3.63) is 29.8 Å². The van der Waals surface area contributed by atoms with Gasteiger partial charge in [-0.05, 0) is 12.1 Å². The predicted octanol–water partition coefficient (Wildman–Crippen LogP) is 0.462. The first kappa shape index (κ1) is 12.3. The smallest absolute Gasteiger partial charge is 0.184 e. The van der Waals surface area contributed by atoms with Gasteiger partial charge in [0, 0.05) is 5.56 Å². The zero-order chi connectivity index (χ0) is 12.3. The van der Waals surface area contributed by atoms with E-state index in [1.54, 1.807) is 19.2 Å². The molecule has 1 aromatic rings. The highest BCUT2D eigenvalue weighted by Crippen LogP contribution is 2.27. The second-order valence-electron chi connectivity index (χ2n) is 3.86. The lowest BCUT2D eigenvalue weighted by atomic mass is 10.1. The summed E-state index contributed by atoms with van der Waals surface area (Å²) in [4.78, 5) is 0. The summed E-state index contributed by atoms with van der Waals surface area (Å²) in [6.07, 6.45) is -1.94. The highest BCUT2D eigenvalue weighted by molar-refractivity contribution is 5.28. The van der Waals surface area contributed by atoms with Crippen LogP contribution < -0.4 is 4.74 Å². The van der Waals surface area contributed by atoms with Gasteiger partial charge < -0.3 is 24.4 Å². The van der Waals surface area contributed by atoms with E-state index < -0.39 is 18.5 Å². The second kappa shape index (κ2) is 5.46. The molecule has 3 atom stereocenters. The Hall–Kier alpha value is -1.14. The van der Waals surface area contributed by atoms with Crippen molar-refractivity contribution in [3.8, 4) is 5.75 Å². The van der Waals surface area contributed by atoms with Crippen molar-refractivity contribution in [3.63, 3.8) is 0 Å². The van der Waals surface area contributed by atoms with Crippen LogP contribution in [0.3, 0.4) is 0 Å². The SMILES string of the molecule is COc1ccc(C2OC[C@@H](O)[C@H](CO)O2)cc1. The summed E-state index contributed by atoms with van der Waals surface area (Å²) in [7, 11) is 1.60. The number of methoxy groups -OCH3 is 1. The van der Waals surface area contributed by atoms with E-state index in [4.69, 9.17) is 19.3 Å². The van der Waals surface area contributed by atoms with E-state index in [1.807, 2.05) is 12.1 Å². The molecule has 0 radical (unpaired) electrons. The molecule has 0 spiro atoms. The minimum absolute atomic E-state index is 0.155. The van der Waals surface area contributed by atoms with Gasteiger partial charge in [-0.3, -0.25) is 0 Å². The summed E-state index contributed by atoms with van der Waals surface area (Å²) in [5.41, 5.74) is 0.830. The zero-order valence-corrected chi connectivity index (χ0v) is 9.57. The number of hydrogen-bond acceptors (Lipinski definition) is 5. The summed E-state index contributed by atoms with van der Waals surface area (Å²) in [6.45, 7) is -0.0703. The summed E-state index contributed by atoms with van der Waals surface area (Å²) < 4.78 is 15.9. The van der Waals surface area contributed by atoms with Crippen LogP contribution in [0.15, 0.2) is 24.3 Å². The van der Waals surface area contributed by atoms with Crippen LogP contribution >= 0.6 is 0 Å². The molecule has 1 saturated heterocycles. The minimum atomic E-state index is -0.783. The van der Waals surface area contributed by atoms with E-state index in [9.17, 15) is 5.11 Å². The van der Waals surface area contributed by atoms with Gasteiger partial charge in [0.25, 0.3) is 0 Å². The van der Waals surface area contributed by atoms with Gasteiger partial charge >= 0.3 is 0 Å². The van der Waals surface area contributed by atoms with E-state index in [0.717, 1.165) is 11.3 Å². The fraction of sp³-hybridized carbons (Fsp3) is 0.500. The molecule has 0 aliphatic carbocycles. The molecule has 1 heterocycles. The molecule has 0 aromatic heterocycles. The molecule has 1 fully saturated rings. The summed E-state index contributed by atoms with van der Waals surface area (Å²) >= 11 is 0. The Morgan fingerprint density at radius 1 is 1.35 bits per heavy atom. The monoisotopic (exact) mass is 240 g/mol. The topological polar surface area (TPSA) is 68.2 Å². The van der Waals surface area contributed by atoms with Crippen molar-refractivity contribution >= 4 is 0 Å². The molecule has 1 aromatic carbocycles. The first-order valence-electron chi connectivity index (χ1n) is 5.44. The molecule has 17 heavy (non-hydrogen) atoms. The molecular weight excluding hydrogens is 224 g/mol. The van der Waals surface area contributed by atoms with Crippen molar-refractivity contribution in [2.45, 2.75) is 18.5 Å². The molecule has 1 aliphatic rings. The van der Waals surface area contributed by atoms with Crippen molar-refractivity contribution < 1.29 is 24.4 Å². The predicted molar refractivity (Wildman–Crippen MR) is 59.7 cm³/mol. The molecule has 1 unspecified atom stereocenters. The van der Waals surface area contributed by atoms with Gasteiger partial charge in [0.05, 0.1) is 20.3 Å². The van der Waals surface area contributed by atoms with Gasteiger partial charge in [-0.2, -0.15) is 0 Å². The van der Waals surface area contributed by atoms with Gasteiger partial charge in [-0.15, -0.1) is 0 Å². The first-order valence-corrected chi connectivity index (χ1v) is 5.44. The number of benzene rings is 1. The Balaban J connectivity index is 2.06. The Kier molecular flexibility index (Phi) is 3.96. The van der Waals surface area contributed by atoms with Crippen LogP contribution in [0.5, 0.6) is 5.75 Å². The Bertz CT molecular complexity index is 350. The second-order valence-corrected chi connectivity index (χ2v) is 3.86. The number of aliphatic hydroxyl groups is 2. The third-order valence-corrected chi connectivity index (χ3v) is 2.71. The standard InChI is InChI=1S/C12H16O5/c1-15-9-4-2-8(3-5-9)12-16-7-10(14)11(6-13)17-12/h2-5,10-14H,6-7H2,1H3/t10-,11+,12?/m1/s1. The van der Waals surface area contributed by atoms with Crippen LogP contribution in [0, 0.1) is 0 Å². The normalized spacial score (nSPS) is 29.0. The molecule has 2 N–H and O–H groups in total. The molecule has 0 bridgehead atoms. The maximum Gasteiger partial charge on any atom is 0.184 e. The van der Waals surface area contributed by atoms with Crippen molar-refractivity contribution in [2.24, 2.45) is 0 Å². The quantitative estimate of drug-likeness (QED) is 0.803. The zero-order valence-electron chi connectivity index (χ0n) is 9.57. The molecule has 94 valence electrons. The largest absolute Gasteiger partial charge is 0.497 e. The van der Waals surface area contributed by atoms with Crippen LogP contribution in [-0.4, -0.2) is 42.7 Å². The lowest BCUT2D eigenvalue weighted by molar-refractivity contribution is -0.263. The summed E-state index contributed by atoms with van der Waals surface area (Å²) in [5, 5.41) is 18.5. The number of ether oxygens (including phenoxy) is 3. The number of aliphatic hydroxyl groups excluding tert-OH is 2. The van der Waals surface area contributed by atoms with Gasteiger partial charge in [0.1, 0.15) is 18.0 Å².